The fraction of sp³-hybridized carbons (Fsp3) is 0.333. The number of aliphatic hydroxyl groups excluding tert-OH is 1. The van der Waals surface area contributed by atoms with E-state index < -0.39 is 18.3 Å². The zero-order valence-electron chi connectivity index (χ0n) is 7.20. The van der Waals surface area contributed by atoms with Crippen LogP contribution in [0.5, 0.6) is 0 Å². The number of benzene rings is 1. The summed E-state index contributed by atoms with van der Waals surface area (Å²) in [6, 6.07) is 5.29. The van der Waals surface area contributed by atoms with Crippen LogP contribution >= 0.6 is 0 Å². The Balaban J connectivity index is 2.81. The number of hydrogen-bond acceptors (Lipinski definition) is 2. The zero-order chi connectivity index (χ0) is 10.8. The lowest BCUT2D eigenvalue weighted by Gasteiger charge is -2.21. The topological polar surface area (TPSA) is 46.2 Å². The van der Waals surface area contributed by atoms with Gasteiger partial charge in [-0.3, -0.25) is 0 Å². The molecular formula is C9H10F3NO. The average molecular weight is 205 g/mol. The van der Waals surface area contributed by atoms with Gasteiger partial charge >= 0.3 is 6.18 Å². The highest BCUT2D eigenvalue weighted by Crippen LogP contribution is 2.28. The van der Waals surface area contributed by atoms with Gasteiger partial charge in [0.05, 0.1) is 0 Å². The van der Waals surface area contributed by atoms with Gasteiger partial charge in [0.1, 0.15) is 12.1 Å². The summed E-state index contributed by atoms with van der Waals surface area (Å²) in [5, 5.41) is 9.28. The summed E-state index contributed by atoms with van der Waals surface area (Å²) in [6.07, 6.45) is -6.30. The van der Waals surface area contributed by atoms with E-state index >= 15 is 0 Å². The van der Waals surface area contributed by atoms with Crippen LogP contribution in [0.25, 0.3) is 0 Å². The largest absolute Gasteiger partial charge is 0.406 e. The maximum atomic E-state index is 12.1. The smallest absolute Gasteiger partial charge is 0.386 e. The van der Waals surface area contributed by atoms with Crippen LogP contribution in [0.15, 0.2) is 30.3 Å². The third-order valence-corrected chi connectivity index (χ3v) is 1.86. The minimum Gasteiger partial charge on any atom is -0.386 e. The van der Waals surface area contributed by atoms with Crippen LogP contribution in [0.1, 0.15) is 11.7 Å². The number of halogens is 3. The normalized spacial score (nSPS) is 16.4. The summed E-state index contributed by atoms with van der Waals surface area (Å²) in [4.78, 5) is 0. The first-order valence-electron chi connectivity index (χ1n) is 3.98. The highest BCUT2D eigenvalue weighted by atomic mass is 19.4. The van der Waals surface area contributed by atoms with Gasteiger partial charge in [0.15, 0.2) is 0 Å². The molecular weight excluding hydrogens is 195 g/mol. The van der Waals surface area contributed by atoms with E-state index in [0.29, 0.717) is 0 Å². The molecule has 78 valence electrons. The Morgan fingerprint density at radius 2 is 1.64 bits per heavy atom. The Morgan fingerprint density at radius 3 is 2.07 bits per heavy atom. The second-order valence-electron chi connectivity index (χ2n) is 2.92. The number of hydrogen-bond donors (Lipinski definition) is 2. The minimum atomic E-state index is -4.59. The van der Waals surface area contributed by atoms with Crippen molar-refractivity contribution in [2.24, 2.45) is 5.73 Å². The van der Waals surface area contributed by atoms with Crippen molar-refractivity contribution >= 4 is 0 Å². The summed E-state index contributed by atoms with van der Waals surface area (Å²) in [6.45, 7) is 0. The molecule has 0 aliphatic rings. The minimum absolute atomic E-state index is 0.164. The van der Waals surface area contributed by atoms with Crippen molar-refractivity contribution in [3.63, 3.8) is 0 Å². The van der Waals surface area contributed by atoms with Crippen LogP contribution in [0.2, 0.25) is 0 Å². The van der Waals surface area contributed by atoms with E-state index in [1.54, 1.807) is 18.2 Å². The van der Waals surface area contributed by atoms with E-state index in [-0.39, 0.29) is 5.56 Å². The molecule has 3 N–H and O–H groups in total. The van der Waals surface area contributed by atoms with E-state index in [1.807, 2.05) is 0 Å². The van der Waals surface area contributed by atoms with E-state index in [0.717, 1.165) is 0 Å². The third kappa shape index (κ3) is 2.46. The number of alkyl halides is 3. The molecule has 0 aromatic heterocycles. The first kappa shape index (κ1) is 11.0. The molecule has 1 aromatic rings. The number of nitrogens with two attached hydrogens (primary N) is 1. The fourth-order valence-corrected chi connectivity index (χ4v) is 1.04. The third-order valence-electron chi connectivity index (χ3n) is 1.86. The van der Waals surface area contributed by atoms with Gasteiger partial charge in [-0.05, 0) is 5.56 Å². The molecule has 1 aromatic carbocycles. The second kappa shape index (κ2) is 3.98. The van der Waals surface area contributed by atoms with Gasteiger partial charge in [-0.25, -0.2) is 0 Å². The average Bonchev–Trinajstić information content (AvgIpc) is 2.15. The second-order valence-corrected chi connectivity index (χ2v) is 2.92. The first-order chi connectivity index (χ1) is 6.43. The predicted octanol–water partition coefficient (Wildman–Crippen LogP) is 1.61. The van der Waals surface area contributed by atoms with Crippen LogP contribution in [-0.4, -0.2) is 17.3 Å². The van der Waals surface area contributed by atoms with Crippen molar-refractivity contribution < 1.29 is 18.3 Å². The molecule has 0 amide bonds. The SMILES string of the molecule is N[C@H]([C@H](O)c1ccccc1)C(F)(F)F. The van der Waals surface area contributed by atoms with Crippen molar-refractivity contribution in [2.75, 3.05) is 0 Å². The quantitative estimate of drug-likeness (QED) is 0.770. The molecule has 0 spiro atoms. The molecule has 0 saturated heterocycles. The maximum Gasteiger partial charge on any atom is 0.406 e. The lowest BCUT2D eigenvalue weighted by molar-refractivity contribution is -0.169. The summed E-state index contributed by atoms with van der Waals surface area (Å²) in [5.41, 5.74) is 5.02. The van der Waals surface area contributed by atoms with Crippen molar-refractivity contribution in [3.05, 3.63) is 35.9 Å². The molecule has 0 saturated carbocycles. The van der Waals surface area contributed by atoms with Crippen LogP contribution in [-0.2, 0) is 0 Å². The lowest BCUT2D eigenvalue weighted by Crippen LogP contribution is -2.42. The maximum absolute atomic E-state index is 12.1. The van der Waals surface area contributed by atoms with Crippen molar-refractivity contribution in [1.29, 1.82) is 0 Å². The molecule has 0 aliphatic heterocycles. The highest BCUT2D eigenvalue weighted by molar-refractivity contribution is 5.19. The lowest BCUT2D eigenvalue weighted by atomic mass is 10.0. The molecule has 5 heteroatoms. The summed E-state index contributed by atoms with van der Waals surface area (Å²) in [7, 11) is 0. The van der Waals surface area contributed by atoms with Crippen LogP contribution in [0.4, 0.5) is 13.2 Å². The predicted molar refractivity (Wildman–Crippen MR) is 45.4 cm³/mol. The monoisotopic (exact) mass is 205 g/mol. The number of rotatable bonds is 2. The Bertz CT molecular complexity index is 286. The van der Waals surface area contributed by atoms with E-state index in [9.17, 15) is 18.3 Å². The fourth-order valence-electron chi connectivity index (χ4n) is 1.04. The van der Waals surface area contributed by atoms with Gasteiger partial charge in [-0.1, -0.05) is 30.3 Å². The van der Waals surface area contributed by atoms with Gasteiger partial charge in [0.2, 0.25) is 0 Å². The molecule has 1 rings (SSSR count). The zero-order valence-corrected chi connectivity index (χ0v) is 7.20. The Kier molecular flexibility index (Phi) is 3.13. The van der Waals surface area contributed by atoms with Crippen molar-refractivity contribution in [1.82, 2.24) is 0 Å². The molecule has 2 nitrogen and oxygen atoms in total. The van der Waals surface area contributed by atoms with Crippen LogP contribution < -0.4 is 5.73 Å². The number of aliphatic hydroxyl groups is 1. The van der Waals surface area contributed by atoms with Crippen molar-refractivity contribution in [2.45, 2.75) is 18.3 Å². The van der Waals surface area contributed by atoms with Crippen LogP contribution in [0.3, 0.4) is 0 Å². The Morgan fingerprint density at radius 1 is 1.14 bits per heavy atom. The summed E-state index contributed by atoms with van der Waals surface area (Å²) >= 11 is 0. The first-order valence-corrected chi connectivity index (χ1v) is 3.98. The molecule has 0 aliphatic carbocycles. The van der Waals surface area contributed by atoms with Gasteiger partial charge < -0.3 is 10.8 Å². The van der Waals surface area contributed by atoms with E-state index in [4.69, 9.17) is 5.73 Å². The van der Waals surface area contributed by atoms with Gasteiger partial charge in [0, 0.05) is 0 Å². The molecule has 0 heterocycles. The Hall–Kier alpha value is -1.07. The standard InChI is InChI=1S/C9H10F3NO/c10-9(11,12)8(13)7(14)6-4-2-1-3-5-6/h1-5,7-8,14H,13H2/t7-,8-/m1/s1. The van der Waals surface area contributed by atoms with Crippen molar-refractivity contribution in [3.8, 4) is 0 Å². The molecule has 0 radical (unpaired) electrons. The Labute approximate surface area is 79.2 Å². The molecule has 0 fully saturated rings. The molecule has 0 bridgehead atoms. The molecule has 0 unspecified atom stereocenters. The summed E-state index contributed by atoms with van der Waals surface area (Å²) < 4.78 is 36.3. The molecule has 14 heavy (non-hydrogen) atoms. The molecule has 2 atom stereocenters. The highest BCUT2D eigenvalue weighted by Gasteiger charge is 2.41. The van der Waals surface area contributed by atoms with E-state index in [2.05, 4.69) is 0 Å². The van der Waals surface area contributed by atoms with Crippen LogP contribution in [0, 0.1) is 0 Å². The summed E-state index contributed by atoms with van der Waals surface area (Å²) in [5.74, 6) is 0. The van der Waals surface area contributed by atoms with E-state index in [1.165, 1.54) is 12.1 Å². The van der Waals surface area contributed by atoms with Gasteiger partial charge in [0.25, 0.3) is 0 Å². The van der Waals surface area contributed by atoms with Gasteiger partial charge in [-0.15, -0.1) is 0 Å². The van der Waals surface area contributed by atoms with Gasteiger partial charge in [-0.2, -0.15) is 13.2 Å².